The van der Waals surface area contributed by atoms with Crippen molar-refractivity contribution >= 4 is 10.9 Å². The minimum atomic E-state index is -2.50. The first-order chi connectivity index (χ1) is 8.72. The maximum absolute atomic E-state index is 12.7. The predicted octanol–water partition coefficient (Wildman–Crippen LogP) is 2.77. The summed E-state index contributed by atoms with van der Waals surface area (Å²) < 4.78 is 31.4. The van der Waals surface area contributed by atoms with Crippen LogP contribution in [0.5, 0.6) is 0 Å². The van der Waals surface area contributed by atoms with E-state index < -0.39 is 6.55 Å². The minimum absolute atomic E-state index is 0.566. The zero-order valence-corrected chi connectivity index (χ0v) is 10.2. The van der Waals surface area contributed by atoms with Gasteiger partial charge in [-0.3, -0.25) is 4.57 Å². The maximum atomic E-state index is 12.7. The van der Waals surface area contributed by atoms with E-state index in [-0.39, 0.29) is 0 Å². The van der Waals surface area contributed by atoms with Crippen LogP contribution in [0.15, 0.2) is 30.5 Å². The van der Waals surface area contributed by atoms with Crippen LogP contribution < -0.4 is 5.32 Å². The van der Waals surface area contributed by atoms with Crippen LogP contribution in [0.1, 0.15) is 12.1 Å². The Balaban J connectivity index is 2.12. The van der Waals surface area contributed by atoms with Gasteiger partial charge in [0.2, 0.25) is 0 Å². The van der Waals surface area contributed by atoms with Gasteiger partial charge in [-0.1, -0.05) is 12.1 Å². The Kier molecular flexibility index (Phi) is 4.28. The molecule has 0 aliphatic heterocycles. The highest BCUT2D eigenvalue weighted by Crippen LogP contribution is 2.22. The van der Waals surface area contributed by atoms with E-state index >= 15 is 0 Å². The van der Waals surface area contributed by atoms with E-state index in [1.54, 1.807) is 19.2 Å². The number of halogens is 2. The fourth-order valence-electron chi connectivity index (χ4n) is 1.88. The third-order valence-electron chi connectivity index (χ3n) is 2.81. The molecule has 2 rings (SSSR count). The highest BCUT2D eigenvalue weighted by Gasteiger charge is 2.09. The molecular formula is C13H16F2N2O. The number of nitrogens with one attached hydrogen (secondary N) is 1. The van der Waals surface area contributed by atoms with Crippen LogP contribution >= 0.6 is 0 Å². The van der Waals surface area contributed by atoms with Gasteiger partial charge in [-0.15, -0.1) is 0 Å². The van der Waals surface area contributed by atoms with Crippen molar-refractivity contribution in [1.82, 2.24) is 9.88 Å². The first-order valence-corrected chi connectivity index (χ1v) is 5.79. The van der Waals surface area contributed by atoms with Gasteiger partial charge < -0.3 is 10.1 Å². The minimum Gasteiger partial charge on any atom is -0.383 e. The van der Waals surface area contributed by atoms with Crippen molar-refractivity contribution in [1.29, 1.82) is 0 Å². The lowest BCUT2D eigenvalue weighted by Gasteiger charge is -2.07. The number of hydrogen-bond donors (Lipinski definition) is 1. The Bertz CT molecular complexity index is 511. The Morgan fingerprint density at radius 3 is 2.89 bits per heavy atom. The normalized spacial score (nSPS) is 11.6. The Morgan fingerprint density at radius 1 is 1.33 bits per heavy atom. The molecular weight excluding hydrogens is 238 g/mol. The first kappa shape index (κ1) is 13.0. The second-order valence-electron chi connectivity index (χ2n) is 4.06. The van der Waals surface area contributed by atoms with E-state index in [1.165, 1.54) is 6.20 Å². The summed E-state index contributed by atoms with van der Waals surface area (Å²) in [5.74, 6) is 0. The molecule has 0 aliphatic carbocycles. The predicted molar refractivity (Wildman–Crippen MR) is 66.8 cm³/mol. The second-order valence-corrected chi connectivity index (χ2v) is 4.06. The standard InChI is InChI=1S/C13H16F2N2O/c1-18-7-5-16-9-10-2-3-11-4-6-17(13(14)15)12(11)8-10/h2-4,6,8,13,16H,5,7,9H2,1H3. The molecule has 98 valence electrons. The lowest BCUT2D eigenvalue weighted by Crippen LogP contribution is -2.18. The number of hydrogen-bond acceptors (Lipinski definition) is 2. The molecule has 0 aliphatic rings. The Labute approximate surface area is 104 Å². The van der Waals surface area contributed by atoms with Crippen molar-refractivity contribution < 1.29 is 13.5 Å². The summed E-state index contributed by atoms with van der Waals surface area (Å²) in [4.78, 5) is 0. The molecule has 0 unspecified atom stereocenters. The van der Waals surface area contributed by atoms with Crippen LogP contribution in [0.25, 0.3) is 10.9 Å². The van der Waals surface area contributed by atoms with Crippen LogP contribution in [0, 0.1) is 0 Å². The molecule has 18 heavy (non-hydrogen) atoms. The molecule has 1 aromatic carbocycles. The molecule has 1 aromatic heterocycles. The number of fused-ring (bicyclic) bond motifs is 1. The average molecular weight is 254 g/mol. The Morgan fingerprint density at radius 2 is 2.17 bits per heavy atom. The molecule has 0 radical (unpaired) electrons. The number of aromatic nitrogens is 1. The lowest BCUT2D eigenvalue weighted by atomic mass is 10.1. The fourth-order valence-corrected chi connectivity index (χ4v) is 1.88. The average Bonchev–Trinajstić information content (AvgIpc) is 2.77. The van der Waals surface area contributed by atoms with Crippen molar-refractivity contribution in [2.75, 3.05) is 20.3 Å². The summed E-state index contributed by atoms with van der Waals surface area (Å²) in [6.07, 6.45) is 1.41. The number of alkyl halides is 2. The molecule has 2 aromatic rings. The quantitative estimate of drug-likeness (QED) is 0.802. The fraction of sp³-hybridized carbons (Fsp3) is 0.385. The molecule has 5 heteroatoms. The number of methoxy groups -OCH3 is 1. The van der Waals surface area contributed by atoms with E-state index in [9.17, 15) is 8.78 Å². The molecule has 0 fully saturated rings. The molecule has 0 spiro atoms. The monoisotopic (exact) mass is 254 g/mol. The number of rotatable bonds is 6. The van der Waals surface area contributed by atoms with Gasteiger partial charge >= 0.3 is 6.55 Å². The summed E-state index contributed by atoms with van der Waals surface area (Å²) >= 11 is 0. The molecule has 0 atom stereocenters. The maximum Gasteiger partial charge on any atom is 0.319 e. The van der Waals surface area contributed by atoms with Gasteiger partial charge in [-0.25, -0.2) is 0 Å². The number of nitrogens with zero attached hydrogens (tertiary/aromatic N) is 1. The largest absolute Gasteiger partial charge is 0.383 e. The van der Waals surface area contributed by atoms with Crippen molar-refractivity contribution in [3.05, 3.63) is 36.0 Å². The van der Waals surface area contributed by atoms with E-state index in [1.807, 2.05) is 12.1 Å². The van der Waals surface area contributed by atoms with Crippen molar-refractivity contribution in [2.24, 2.45) is 0 Å². The highest BCUT2D eigenvalue weighted by atomic mass is 19.3. The second kappa shape index (κ2) is 5.93. The van der Waals surface area contributed by atoms with Gasteiger partial charge in [-0.05, 0) is 23.1 Å². The molecule has 0 amide bonds. The summed E-state index contributed by atoms with van der Waals surface area (Å²) in [7, 11) is 1.64. The topological polar surface area (TPSA) is 26.2 Å². The van der Waals surface area contributed by atoms with Gasteiger partial charge in [-0.2, -0.15) is 8.78 Å². The van der Waals surface area contributed by atoms with Crippen molar-refractivity contribution in [3.63, 3.8) is 0 Å². The van der Waals surface area contributed by atoms with E-state index in [2.05, 4.69) is 5.32 Å². The number of ether oxygens (including phenoxy) is 1. The molecule has 3 nitrogen and oxygen atoms in total. The van der Waals surface area contributed by atoms with Gasteiger partial charge in [0, 0.05) is 26.4 Å². The molecule has 0 saturated heterocycles. The molecule has 1 N–H and O–H groups in total. The summed E-state index contributed by atoms with van der Waals surface area (Å²) in [5.41, 5.74) is 1.55. The van der Waals surface area contributed by atoms with Gasteiger partial charge in [0.1, 0.15) is 0 Å². The Hall–Kier alpha value is -1.46. The highest BCUT2D eigenvalue weighted by molar-refractivity contribution is 5.80. The van der Waals surface area contributed by atoms with Crippen LogP contribution in [-0.2, 0) is 11.3 Å². The van der Waals surface area contributed by atoms with Crippen LogP contribution in [-0.4, -0.2) is 24.8 Å². The van der Waals surface area contributed by atoms with Crippen LogP contribution in [0.3, 0.4) is 0 Å². The zero-order valence-electron chi connectivity index (χ0n) is 10.2. The van der Waals surface area contributed by atoms with Gasteiger partial charge in [0.25, 0.3) is 0 Å². The zero-order chi connectivity index (χ0) is 13.0. The third-order valence-corrected chi connectivity index (χ3v) is 2.81. The van der Waals surface area contributed by atoms with E-state index in [0.717, 1.165) is 22.1 Å². The van der Waals surface area contributed by atoms with Crippen molar-refractivity contribution in [2.45, 2.75) is 13.1 Å². The lowest BCUT2D eigenvalue weighted by molar-refractivity contribution is 0.0752. The molecule has 0 bridgehead atoms. The van der Waals surface area contributed by atoms with Crippen molar-refractivity contribution in [3.8, 4) is 0 Å². The summed E-state index contributed by atoms with van der Waals surface area (Å²) in [6.45, 7) is -0.479. The van der Waals surface area contributed by atoms with Gasteiger partial charge in [0.15, 0.2) is 0 Å². The molecule has 1 heterocycles. The van der Waals surface area contributed by atoms with E-state index in [4.69, 9.17) is 4.74 Å². The smallest absolute Gasteiger partial charge is 0.319 e. The van der Waals surface area contributed by atoms with Gasteiger partial charge in [0.05, 0.1) is 12.1 Å². The number of benzene rings is 1. The van der Waals surface area contributed by atoms with E-state index in [0.29, 0.717) is 18.7 Å². The summed E-state index contributed by atoms with van der Waals surface area (Å²) in [5, 5.41) is 4.02. The first-order valence-electron chi connectivity index (χ1n) is 5.79. The SMILES string of the molecule is COCCNCc1ccc2ccn(C(F)F)c2c1. The third kappa shape index (κ3) is 2.86. The van der Waals surface area contributed by atoms with Crippen LogP contribution in [0.4, 0.5) is 8.78 Å². The molecule has 0 saturated carbocycles. The summed E-state index contributed by atoms with van der Waals surface area (Å²) in [6, 6.07) is 7.30. The van der Waals surface area contributed by atoms with Crippen LogP contribution in [0.2, 0.25) is 0 Å².